The van der Waals surface area contributed by atoms with E-state index in [4.69, 9.17) is 23.2 Å². The molecule has 0 aromatic heterocycles. The van der Waals surface area contributed by atoms with Crippen molar-refractivity contribution in [2.24, 2.45) is 0 Å². The van der Waals surface area contributed by atoms with Gasteiger partial charge in [0.2, 0.25) is 0 Å². The smallest absolute Gasteiger partial charge is 0.262 e. The molecule has 0 radical (unpaired) electrons. The van der Waals surface area contributed by atoms with Gasteiger partial charge in [-0.2, -0.15) is 0 Å². The van der Waals surface area contributed by atoms with Crippen LogP contribution in [0.1, 0.15) is 5.56 Å². The van der Waals surface area contributed by atoms with E-state index in [2.05, 4.69) is 36.6 Å². The van der Waals surface area contributed by atoms with E-state index in [-0.39, 0.29) is 20.6 Å². The van der Waals surface area contributed by atoms with E-state index in [0.29, 0.717) is 14.5 Å². The average Bonchev–Trinajstić information content (AvgIpc) is 2.42. The van der Waals surface area contributed by atoms with Crippen LogP contribution in [0.25, 0.3) is 0 Å². The van der Waals surface area contributed by atoms with Gasteiger partial charge >= 0.3 is 0 Å². The van der Waals surface area contributed by atoms with Gasteiger partial charge in [-0.1, -0.05) is 45.2 Å². The van der Waals surface area contributed by atoms with Crippen molar-refractivity contribution in [3.8, 4) is 0 Å². The largest absolute Gasteiger partial charge is 0.278 e. The number of halogens is 4. The minimum absolute atomic E-state index is 0.141. The highest BCUT2D eigenvalue weighted by Gasteiger charge is 2.20. The molecule has 8 heteroatoms. The predicted octanol–water partition coefficient (Wildman–Crippen LogP) is 5.63. The summed E-state index contributed by atoms with van der Waals surface area (Å²) >= 11 is 18.5. The molecule has 0 atom stereocenters. The van der Waals surface area contributed by atoms with Crippen molar-refractivity contribution in [3.63, 3.8) is 0 Å². The molecule has 0 saturated heterocycles. The molecule has 2 rings (SSSR count). The van der Waals surface area contributed by atoms with E-state index in [1.807, 2.05) is 0 Å². The topological polar surface area (TPSA) is 46.2 Å². The molecule has 0 heterocycles. The Morgan fingerprint density at radius 3 is 2.38 bits per heavy atom. The molecule has 0 fully saturated rings. The molecule has 1 N–H and O–H groups in total. The van der Waals surface area contributed by atoms with Crippen molar-refractivity contribution < 1.29 is 8.42 Å². The van der Waals surface area contributed by atoms with Gasteiger partial charge in [-0.25, -0.2) is 8.42 Å². The fourth-order valence-electron chi connectivity index (χ4n) is 1.67. The first-order valence-electron chi connectivity index (χ1n) is 5.65. The van der Waals surface area contributed by atoms with E-state index in [1.165, 1.54) is 6.07 Å². The van der Waals surface area contributed by atoms with Crippen LogP contribution in [0.15, 0.2) is 44.2 Å². The monoisotopic (exact) mass is 471 g/mol. The number of hydrogen-bond donors (Lipinski definition) is 1. The molecular formula is C13H9Br2Cl2NO2S. The lowest BCUT2D eigenvalue weighted by atomic mass is 10.2. The lowest BCUT2D eigenvalue weighted by molar-refractivity contribution is 0.600. The van der Waals surface area contributed by atoms with Crippen LogP contribution >= 0.6 is 55.1 Å². The maximum absolute atomic E-state index is 12.5. The van der Waals surface area contributed by atoms with Gasteiger partial charge in [-0.15, -0.1) is 0 Å². The third kappa shape index (κ3) is 3.74. The maximum Gasteiger partial charge on any atom is 0.262 e. The van der Waals surface area contributed by atoms with E-state index in [0.717, 1.165) is 0 Å². The van der Waals surface area contributed by atoms with Crippen LogP contribution in [-0.2, 0) is 10.0 Å². The number of sulfonamides is 1. The highest BCUT2D eigenvalue weighted by Crippen LogP contribution is 2.37. The van der Waals surface area contributed by atoms with Crippen molar-refractivity contribution >= 4 is 70.8 Å². The minimum Gasteiger partial charge on any atom is -0.278 e. The van der Waals surface area contributed by atoms with Crippen LogP contribution in [0.2, 0.25) is 10.0 Å². The summed E-state index contributed by atoms with van der Waals surface area (Å²) < 4.78 is 28.7. The Bertz CT molecular complexity index is 810. The molecule has 2 aromatic rings. The van der Waals surface area contributed by atoms with Gasteiger partial charge in [0, 0.05) is 8.95 Å². The van der Waals surface area contributed by atoms with Gasteiger partial charge in [-0.05, 0) is 52.7 Å². The Kier molecular flexibility index (Phi) is 5.26. The van der Waals surface area contributed by atoms with Crippen LogP contribution in [-0.4, -0.2) is 8.42 Å². The fraction of sp³-hybridized carbons (Fsp3) is 0.0769. The third-order valence-corrected chi connectivity index (χ3v) is 6.49. The highest BCUT2D eigenvalue weighted by atomic mass is 79.9. The average molecular weight is 474 g/mol. The van der Waals surface area contributed by atoms with Crippen LogP contribution < -0.4 is 4.72 Å². The molecule has 0 aliphatic carbocycles. The molecule has 2 aromatic carbocycles. The van der Waals surface area contributed by atoms with E-state index in [9.17, 15) is 8.42 Å². The Balaban J connectivity index is 2.47. The van der Waals surface area contributed by atoms with Gasteiger partial charge in [0.15, 0.2) is 0 Å². The van der Waals surface area contributed by atoms with Crippen molar-refractivity contribution in [2.45, 2.75) is 11.8 Å². The molecule has 0 aliphatic rings. The van der Waals surface area contributed by atoms with Crippen molar-refractivity contribution in [1.29, 1.82) is 0 Å². The van der Waals surface area contributed by atoms with Crippen LogP contribution in [0.3, 0.4) is 0 Å². The molecule has 3 nitrogen and oxygen atoms in total. The van der Waals surface area contributed by atoms with Gasteiger partial charge in [-0.3, -0.25) is 4.72 Å². The van der Waals surface area contributed by atoms with Crippen LogP contribution in [0.4, 0.5) is 5.69 Å². The Morgan fingerprint density at radius 1 is 1.05 bits per heavy atom. The molecule has 0 aliphatic heterocycles. The van der Waals surface area contributed by atoms with Gasteiger partial charge in [0.1, 0.15) is 0 Å². The van der Waals surface area contributed by atoms with E-state index in [1.54, 1.807) is 31.2 Å². The lowest BCUT2D eigenvalue weighted by Crippen LogP contribution is -2.14. The number of rotatable bonds is 3. The summed E-state index contributed by atoms with van der Waals surface area (Å²) in [7, 11) is -3.76. The van der Waals surface area contributed by atoms with Crippen LogP contribution in [0.5, 0.6) is 0 Å². The second-order valence-corrected chi connectivity index (χ2v) is 8.41. The summed E-state index contributed by atoms with van der Waals surface area (Å²) in [5.41, 5.74) is 0.856. The zero-order valence-corrected chi connectivity index (χ0v) is 16.1. The van der Waals surface area contributed by atoms with Gasteiger partial charge in [0.05, 0.1) is 20.6 Å². The summed E-state index contributed by atoms with van der Waals surface area (Å²) in [6, 6.07) is 8.20. The summed E-state index contributed by atoms with van der Waals surface area (Å²) in [5, 5.41) is 0.394. The quantitative estimate of drug-likeness (QED) is 0.587. The third-order valence-electron chi connectivity index (χ3n) is 2.72. The minimum atomic E-state index is -3.76. The zero-order chi connectivity index (χ0) is 15.8. The second kappa shape index (κ2) is 6.46. The number of hydrogen-bond acceptors (Lipinski definition) is 2. The van der Waals surface area contributed by atoms with Crippen LogP contribution in [0, 0.1) is 6.92 Å². The number of benzene rings is 2. The number of aryl methyl sites for hydroxylation is 1. The second-order valence-electron chi connectivity index (χ2n) is 4.24. The number of anilines is 1. The Morgan fingerprint density at radius 2 is 1.71 bits per heavy atom. The summed E-state index contributed by atoms with van der Waals surface area (Å²) in [6.45, 7) is 1.72. The summed E-state index contributed by atoms with van der Waals surface area (Å²) in [5.74, 6) is 0. The van der Waals surface area contributed by atoms with Gasteiger partial charge < -0.3 is 0 Å². The first kappa shape index (κ1) is 17.1. The first-order valence-corrected chi connectivity index (χ1v) is 9.47. The van der Waals surface area contributed by atoms with E-state index < -0.39 is 10.0 Å². The summed E-state index contributed by atoms with van der Waals surface area (Å²) in [6.07, 6.45) is 0. The summed E-state index contributed by atoms with van der Waals surface area (Å²) in [4.78, 5) is 0.173. The highest BCUT2D eigenvalue weighted by molar-refractivity contribution is 9.10. The molecule has 0 saturated carbocycles. The van der Waals surface area contributed by atoms with Gasteiger partial charge in [0.25, 0.3) is 10.0 Å². The molecule has 0 spiro atoms. The fourth-order valence-corrected chi connectivity index (χ4v) is 4.40. The number of nitrogens with one attached hydrogen (secondary N) is 1. The predicted molar refractivity (Wildman–Crippen MR) is 93.8 cm³/mol. The standard InChI is InChI=1S/C13H9Br2Cl2NO2S/c1-7-2-3-8(14)6-11(7)21(19,20)18-10-5-4-9(15)12(16)13(10)17/h2-6,18H,1H3. The molecule has 112 valence electrons. The molecular weight excluding hydrogens is 465 g/mol. The lowest BCUT2D eigenvalue weighted by Gasteiger charge is -2.13. The van der Waals surface area contributed by atoms with Crippen molar-refractivity contribution in [1.82, 2.24) is 0 Å². The normalized spacial score (nSPS) is 11.5. The molecule has 21 heavy (non-hydrogen) atoms. The Labute approximate surface area is 150 Å². The SMILES string of the molecule is Cc1ccc(Br)cc1S(=O)(=O)Nc1ccc(Br)c(Cl)c1Cl. The zero-order valence-electron chi connectivity index (χ0n) is 10.6. The first-order chi connectivity index (χ1) is 9.72. The Hall–Kier alpha value is -0.270. The molecule has 0 amide bonds. The molecule has 0 unspecified atom stereocenters. The van der Waals surface area contributed by atoms with E-state index >= 15 is 0 Å². The maximum atomic E-state index is 12.5. The molecule has 0 bridgehead atoms. The van der Waals surface area contributed by atoms with Crippen molar-refractivity contribution in [2.75, 3.05) is 4.72 Å². The van der Waals surface area contributed by atoms with Crippen molar-refractivity contribution in [3.05, 3.63) is 54.9 Å².